The van der Waals surface area contributed by atoms with Gasteiger partial charge >= 0.3 is 5.97 Å². The number of piperazine rings is 1. The molecule has 0 aromatic carbocycles. The van der Waals surface area contributed by atoms with Crippen molar-refractivity contribution in [2.75, 3.05) is 26.2 Å². The van der Waals surface area contributed by atoms with Crippen LogP contribution in [0.1, 0.15) is 23.2 Å². The predicted molar refractivity (Wildman–Crippen MR) is 74.6 cm³/mol. The van der Waals surface area contributed by atoms with Crippen molar-refractivity contribution >= 4 is 27.3 Å². The van der Waals surface area contributed by atoms with E-state index in [1.807, 2.05) is 0 Å². The van der Waals surface area contributed by atoms with Crippen LogP contribution in [0.3, 0.4) is 0 Å². The highest BCUT2D eigenvalue weighted by atomic mass is 32.2. The second-order valence-corrected chi connectivity index (χ2v) is 8.21. The Morgan fingerprint density at radius 2 is 1.90 bits per heavy atom. The van der Waals surface area contributed by atoms with Gasteiger partial charge in [-0.25, -0.2) is 13.2 Å². The maximum absolute atomic E-state index is 12.4. The zero-order valence-electron chi connectivity index (χ0n) is 10.9. The molecule has 1 aliphatic heterocycles. The Morgan fingerprint density at radius 3 is 2.40 bits per heavy atom. The first kappa shape index (κ1) is 14.0. The van der Waals surface area contributed by atoms with Crippen molar-refractivity contribution in [2.45, 2.75) is 23.1 Å². The van der Waals surface area contributed by atoms with Gasteiger partial charge in [0, 0.05) is 37.6 Å². The normalized spacial score (nSPS) is 22.0. The highest BCUT2D eigenvalue weighted by Gasteiger charge is 2.35. The molecule has 8 heteroatoms. The third-order valence-corrected chi connectivity index (χ3v) is 7.07. The Balaban J connectivity index is 1.72. The molecule has 1 aliphatic carbocycles. The van der Waals surface area contributed by atoms with E-state index in [2.05, 4.69) is 4.90 Å². The first-order valence-corrected chi connectivity index (χ1v) is 8.86. The average Bonchev–Trinajstić information content (AvgIpc) is 3.14. The van der Waals surface area contributed by atoms with Crippen molar-refractivity contribution in [3.63, 3.8) is 0 Å². The molecular formula is C12H16N2O4S2. The van der Waals surface area contributed by atoms with Crippen molar-refractivity contribution in [1.82, 2.24) is 9.21 Å². The molecule has 0 amide bonds. The second kappa shape index (κ2) is 5.10. The highest BCUT2D eigenvalue weighted by Crippen LogP contribution is 2.29. The topological polar surface area (TPSA) is 77.9 Å². The molecule has 1 aromatic rings. The lowest BCUT2D eigenvalue weighted by atomic mass is 10.3. The van der Waals surface area contributed by atoms with Crippen molar-refractivity contribution in [2.24, 2.45) is 0 Å². The van der Waals surface area contributed by atoms with Gasteiger partial charge in [-0.1, -0.05) is 0 Å². The van der Waals surface area contributed by atoms with Gasteiger partial charge in [0.05, 0.1) is 5.56 Å². The Labute approximate surface area is 121 Å². The van der Waals surface area contributed by atoms with Gasteiger partial charge in [0.2, 0.25) is 0 Å². The van der Waals surface area contributed by atoms with E-state index in [4.69, 9.17) is 5.11 Å². The van der Waals surface area contributed by atoms with Crippen molar-refractivity contribution in [3.8, 4) is 0 Å². The van der Waals surface area contributed by atoms with Gasteiger partial charge in [-0.2, -0.15) is 4.31 Å². The Kier molecular flexibility index (Phi) is 3.57. The van der Waals surface area contributed by atoms with Gasteiger partial charge in [0.15, 0.2) is 0 Å². The zero-order valence-corrected chi connectivity index (χ0v) is 12.5. The lowest BCUT2D eigenvalue weighted by Gasteiger charge is -2.33. The summed E-state index contributed by atoms with van der Waals surface area (Å²) in [6, 6.07) is 1.90. The summed E-state index contributed by atoms with van der Waals surface area (Å²) in [5.41, 5.74) is 0.0326. The summed E-state index contributed by atoms with van der Waals surface area (Å²) in [6.45, 7) is 2.50. The van der Waals surface area contributed by atoms with Crippen LogP contribution in [0.25, 0.3) is 0 Å². The van der Waals surface area contributed by atoms with Crippen LogP contribution < -0.4 is 0 Å². The molecule has 0 atom stereocenters. The zero-order chi connectivity index (χ0) is 14.3. The number of thiophene rings is 1. The van der Waals surface area contributed by atoms with Crippen LogP contribution in [0, 0.1) is 0 Å². The first-order valence-electron chi connectivity index (χ1n) is 6.54. The molecule has 0 radical (unpaired) electrons. The van der Waals surface area contributed by atoms with Crippen LogP contribution in [0.2, 0.25) is 0 Å². The second-order valence-electron chi connectivity index (χ2n) is 5.13. The minimum atomic E-state index is -3.54. The maximum Gasteiger partial charge on any atom is 0.336 e. The number of hydrogen-bond acceptors (Lipinski definition) is 5. The van der Waals surface area contributed by atoms with Gasteiger partial charge in [0.25, 0.3) is 10.0 Å². The van der Waals surface area contributed by atoms with Gasteiger partial charge < -0.3 is 5.11 Å². The molecule has 1 N–H and O–H groups in total. The number of rotatable bonds is 4. The smallest absolute Gasteiger partial charge is 0.336 e. The minimum Gasteiger partial charge on any atom is -0.478 e. The first-order chi connectivity index (χ1) is 9.48. The van der Waals surface area contributed by atoms with Crippen molar-refractivity contribution in [3.05, 3.63) is 17.0 Å². The predicted octanol–water partition coefficient (Wildman–Crippen LogP) is 0.915. The number of carboxylic acid groups (broad SMARTS) is 1. The number of carbonyl (C=O) groups is 1. The summed E-state index contributed by atoms with van der Waals surface area (Å²) in [5, 5.41) is 10.2. The Morgan fingerprint density at radius 1 is 1.25 bits per heavy atom. The lowest BCUT2D eigenvalue weighted by molar-refractivity contribution is 0.0697. The molecule has 6 nitrogen and oxygen atoms in total. The van der Waals surface area contributed by atoms with Crippen LogP contribution >= 0.6 is 11.3 Å². The van der Waals surface area contributed by atoms with E-state index in [9.17, 15) is 13.2 Å². The van der Waals surface area contributed by atoms with Crippen molar-refractivity contribution in [1.29, 1.82) is 0 Å². The van der Waals surface area contributed by atoms with Crippen molar-refractivity contribution < 1.29 is 18.3 Å². The van der Waals surface area contributed by atoms with Crippen LogP contribution in [-0.2, 0) is 10.0 Å². The SMILES string of the molecule is O=C(O)c1csc(S(=O)(=O)N2CCN(C3CC3)CC2)c1. The average molecular weight is 316 g/mol. The lowest BCUT2D eigenvalue weighted by Crippen LogP contribution is -2.49. The summed E-state index contributed by atoms with van der Waals surface area (Å²) in [5.74, 6) is -1.10. The fraction of sp³-hybridized carbons (Fsp3) is 0.583. The summed E-state index contributed by atoms with van der Waals surface area (Å²) >= 11 is 0.974. The number of nitrogens with zero attached hydrogens (tertiary/aromatic N) is 2. The third-order valence-electron chi connectivity index (χ3n) is 3.75. The van der Waals surface area contributed by atoms with Gasteiger partial charge in [-0.15, -0.1) is 11.3 Å². The van der Waals surface area contributed by atoms with E-state index in [0.717, 1.165) is 24.4 Å². The fourth-order valence-corrected chi connectivity index (χ4v) is 5.17. The Hall–Kier alpha value is -0.960. The quantitative estimate of drug-likeness (QED) is 0.893. The number of carboxylic acids is 1. The molecule has 0 bridgehead atoms. The summed E-state index contributed by atoms with van der Waals surface area (Å²) < 4.78 is 26.5. The maximum atomic E-state index is 12.4. The number of sulfonamides is 1. The number of aromatic carboxylic acids is 1. The van der Waals surface area contributed by atoms with Gasteiger partial charge in [0.1, 0.15) is 4.21 Å². The molecule has 2 heterocycles. The summed E-state index contributed by atoms with van der Waals surface area (Å²) in [6.07, 6.45) is 2.44. The standard InChI is InChI=1S/C12H16N2O4S2/c15-12(16)9-7-11(19-8-9)20(17,18)14-5-3-13(4-6-14)10-1-2-10/h7-8,10H,1-6H2,(H,15,16). The van der Waals surface area contributed by atoms with Crippen LogP contribution in [0.15, 0.2) is 15.7 Å². The third kappa shape index (κ3) is 2.60. The molecule has 1 saturated heterocycles. The van der Waals surface area contributed by atoms with E-state index >= 15 is 0 Å². The molecule has 1 aromatic heterocycles. The molecule has 110 valence electrons. The highest BCUT2D eigenvalue weighted by molar-refractivity contribution is 7.91. The largest absolute Gasteiger partial charge is 0.478 e. The van der Waals surface area contributed by atoms with E-state index in [1.165, 1.54) is 28.6 Å². The van der Waals surface area contributed by atoms with E-state index < -0.39 is 16.0 Å². The fourth-order valence-electron chi connectivity index (χ4n) is 2.44. The van der Waals surface area contributed by atoms with E-state index in [0.29, 0.717) is 19.1 Å². The monoisotopic (exact) mass is 316 g/mol. The Bertz CT molecular complexity index is 613. The van der Waals surface area contributed by atoms with E-state index in [1.54, 1.807) is 0 Å². The molecule has 1 saturated carbocycles. The summed E-state index contributed by atoms with van der Waals surface area (Å²) in [4.78, 5) is 13.2. The summed E-state index contributed by atoms with van der Waals surface area (Å²) in [7, 11) is -3.54. The molecule has 0 unspecified atom stereocenters. The van der Waals surface area contributed by atoms with E-state index in [-0.39, 0.29) is 9.77 Å². The molecule has 0 spiro atoms. The van der Waals surface area contributed by atoms with Gasteiger partial charge in [-0.3, -0.25) is 4.90 Å². The van der Waals surface area contributed by atoms with Gasteiger partial charge in [-0.05, 0) is 18.9 Å². The van der Waals surface area contributed by atoms with Crippen LogP contribution in [0.4, 0.5) is 0 Å². The number of hydrogen-bond donors (Lipinski definition) is 1. The molecule has 20 heavy (non-hydrogen) atoms. The molecular weight excluding hydrogens is 300 g/mol. The molecule has 2 aliphatic rings. The van der Waals surface area contributed by atoms with Crippen LogP contribution in [0.5, 0.6) is 0 Å². The minimum absolute atomic E-state index is 0.0326. The van der Waals surface area contributed by atoms with Crippen LogP contribution in [-0.4, -0.2) is 60.9 Å². The molecule has 2 fully saturated rings. The molecule has 3 rings (SSSR count).